The highest BCUT2D eigenvalue weighted by Gasteiger charge is 2.29. The van der Waals surface area contributed by atoms with Crippen molar-refractivity contribution in [1.29, 1.82) is 0 Å². The summed E-state index contributed by atoms with van der Waals surface area (Å²) < 4.78 is 5.61. The first-order valence-corrected chi connectivity index (χ1v) is 7.43. The summed E-state index contributed by atoms with van der Waals surface area (Å²) in [6.45, 7) is 7.75. The highest BCUT2D eigenvalue weighted by atomic mass is 16.5. The lowest BCUT2D eigenvalue weighted by Crippen LogP contribution is -2.49. The molecule has 0 saturated carbocycles. The van der Waals surface area contributed by atoms with Gasteiger partial charge < -0.3 is 10.5 Å². The number of nitrogens with two attached hydrogens (primary N) is 1. The van der Waals surface area contributed by atoms with Gasteiger partial charge in [0.1, 0.15) is 0 Å². The third-order valence-electron chi connectivity index (χ3n) is 4.16. The topological polar surface area (TPSA) is 38.5 Å². The first kappa shape index (κ1) is 14.5. The Kier molecular flexibility index (Phi) is 5.37. The SMILES string of the molecule is CCc1ccccc1C(CN)N1CCOCC1CC. The molecule has 0 radical (unpaired) electrons. The molecule has 0 bridgehead atoms. The van der Waals surface area contributed by atoms with Crippen LogP contribution in [0.5, 0.6) is 0 Å². The standard InChI is InChI=1S/C16H26N2O/c1-3-13-7-5-6-8-15(13)16(11-17)18-9-10-19-12-14(18)4-2/h5-8,14,16H,3-4,9-12,17H2,1-2H3. The molecule has 1 aliphatic heterocycles. The molecule has 2 rings (SSSR count). The molecule has 2 atom stereocenters. The van der Waals surface area contributed by atoms with E-state index < -0.39 is 0 Å². The monoisotopic (exact) mass is 262 g/mol. The molecule has 2 unspecified atom stereocenters. The van der Waals surface area contributed by atoms with Crippen LogP contribution in [0.4, 0.5) is 0 Å². The van der Waals surface area contributed by atoms with E-state index in [9.17, 15) is 0 Å². The minimum atomic E-state index is 0.324. The zero-order valence-corrected chi connectivity index (χ0v) is 12.1. The number of morpholine rings is 1. The van der Waals surface area contributed by atoms with Gasteiger partial charge in [-0.25, -0.2) is 0 Å². The minimum absolute atomic E-state index is 0.324. The Morgan fingerprint density at radius 1 is 1.37 bits per heavy atom. The summed E-state index contributed by atoms with van der Waals surface area (Å²) in [5.41, 5.74) is 8.91. The summed E-state index contributed by atoms with van der Waals surface area (Å²) in [4.78, 5) is 2.54. The Balaban J connectivity index is 2.27. The lowest BCUT2D eigenvalue weighted by Gasteiger charge is -2.41. The Bertz CT molecular complexity index is 394. The number of nitrogens with zero attached hydrogens (tertiary/aromatic N) is 1. The van der Waals surface area contributed by atoms with Gasteiger partial charge in [-0.3, -0.25) is 4.90 Å². The lowest BCUT2D eigenvalue weighted by atomic mass is 9.95. The zero-order chi connectivity index (χ0) is 13.7. The highest BCUT2D eigenvalue weighted by Crippen LogP contribution is 2.28. The van der Waals surface area contributed by atoms with Gasteiger partial charge in [0.15, 0.2) is 0 Å². The van der Waals surface area contributed by atoms with Crippen molar-refractivity contribution in [3.05, 3.63) is 35.4 Å². The first-order chi connectivity index (χ1) is 9.31. The maximum absolute atomic E-state index is 6.09. The molecule has 3 heteroatoms. The van der Waals surface area contributed by atoms with Crippen LogP contribution in [0.2, 0.25) is 0 Å². The molecular weight excluding hydrogens is 236 g/mol. The first-order valence-electron chi connectivity index (χ1n) is 7.43. The summed E-state index contributed by atoms with van der Waals surface area (Å²) in [5, 5.41) is 0. The fourth-order valence-electron chi connectivity index (χ4n) is 3.05. The molecule has 1 aromatic rings. The van der Waals surface area contributed by atoms with E-state index >= 15 is 0 Å². The molecule has 1 heterocycles. The van der Waals surface area contributed by atoms with Crippen molar-refractivity contribution in [2.24, 2.45) is 5.73 Å². The van der Waals surface area contributed by atoms with Crippen molar-refractivity contribution in [3.63, 3.8) is 0 Å². The lowest BCUT2D eigenvalue weighted by molar-refractivity contribution is -0.0292. The van der Waals surface area contributed by atoms with Gasteiger partial charge in [-0.2, -0.15) is 0 Å². The van der Waals surface area contributed by atoms with Crippen LogP contribution < -0.4 is 5.73 Å². The number of hydrogen-bond donors (Lipinski definition) is 1. The maximum atomic E-state index is 6.09. The van der Waals surface area contributed by atoms with Crippen molar-refractivity contribution in [2.45, 2.75) is 38.8 Å². The van der Waals surface area contributed by atoms with Crippen molar-refractivity contribution in [1.82, 2.24) is 4.90 Å². The predicted molar refractivity (Wildman–Crippen MR) is 79.2 cm³/mol. The van der Waals surface area contributed by atoms with Crippen molar-refractivity contribution >= 4 is 0 Å². The summed E-state index contributed by atoms with van der Waals surface area (Å²) >= 11 is 0. The van der Waals surface area contributed by atoms with Gasteiger partial charge in [-0.1, -0.05) is 38.1 Å². The molecule has 106 valence electrons. The van der Waals surface area contributed by atoms with E-state index in [0.29, 0.717) is 18.6 Å². The average Bonchev–Trinajstić information content (AvgIpc) is 2.49. The smallest absolute Gasteiger partial charge is 0.0622 e. The summed E-state index contributed by atoms with van der Waals surface area (Å²) in [6, 6.07) is 9.51. The van der Waals surface area contributed by atoms with Gasteiger partial charge in [-0.05, 0) is 24.0 Å². The number of aryl methyl sites for hydroxylation is 1. The van der Waals surface area contributed by atoms with Gasteiger partial charge in [0.05, 0.1) is 13.2 Å². The second-order valence-corrected chi connectivity index (χ2v) is 5.18. The van der Waals surface area contributed by atoms with Crippen LogP contribution in [0.3, 0.4) is 0 Å². The molecule has 1 fully saturated rings. The number of rotatable bonds is 5. The van der Waals surface area contributed by atoms with E-state index in [0.717, 1.165) is 32.6 Å². The predicted octanol–water partition coefficient (Wildman–Crippen LogP) is 2.36. The van der Waals surface area contributed by atoms with E-state index in [1.165, 1.54) is 11.1 Å². The largest absolute Gasteiger partial charge is 0.378 e. The van der Waals surface area contributed by atoms with E-state index in [2.05, 4.69) is 43.0 Å². The molecule has 19 heavy (non-hydrogen) atoms. The van der Waals surface area contributed by atoms with Crippen molar-refractivity contribution < 1.29 is 4.74 Å². The van der Waals surface area contributed by atoms with E-state index in [4.69, 9.17) is 10.5 Å². The molecule has 0 amide bonds. The van der Waals surface area contributed by atoms with E-state index in [1.54, 1.807) is 0 Å². The summed E-state index contributed by atoms with van der Waals surface area (Å²) in [7, 11) is 0. The molecule has 3 nitrogen and oxygen atoms in total. The van der Waals surface area contributed by atoms with Gasteiger partial charge in [0.2, 0.25) is 0 Å². The number of benzene rings is 1. The third kappa shape index (κ3) is 3.16. The fourth-order valence-corrected chi connectivity index (χ4v) is 3.05. The van der Waals surface area contributed by atoms with Crippen LogP contribution in [-0.2, 0) is 11.2 Å². The van der Waals surface area contributed by atoms with Crippen LogP contribution in [0.25, 0.3) is 0 Å². The molecule has 1 saturated heterocycles. The molecule has 0 spiro atoms. The van der Waals surface area contributed by atoms with Gasteiger partial charge in [0, 0.05) is 25.2 Å². The quantitative estimate of drug-likeness (QED) is 0.885. The number of hydrogen-bond acceptors (Lipinski definition) is 3. The van der Waals surface area contributed by atoms with Crippen LogP contribution in [0, 0.1) is 0 Å². The maximum Gasteiger partial charge on any atom is 0.0622 e. The van der Waals surface area contributed by atoms with Crippen LogP contribution in [0.1, 0.15) is 37.4 Å². The van der Waals surface area contributed by atoms with Crippen molar-refractivity contribution in [3.8, 4) is 0 Å². The second kappa shape index (κ2) is 7.04. The molecule has 2 N–H and O–H groups in total. The van der Waals surface area contributed by atoms with Gasteiger partial charge >= 0.3 is 0 Å². The Labute approximate surface area is 116 Å². The van der Waals surface area contributed by atoms with Crippen LogP contribution >= 0.6 is 0 Å². The van der Waals surface area contributed by atoms with E-state index in [1.807, 2.05) is 0 Å². The van der Waals surface area contributed by atoms with Gasteiger partial charge in [-0.15, -0.1) is 0 Å². The molecule has 0 aromatic heterocycles. The minimum Gasteiger partial charge on any atom is -0.378 e. The number of ether oxygens (including phenoxy) is 1. The molecule has 1 aromatic carbocycles. The molecule has 0 aliphatic carbocycles. The Morgan fingerprint density at radius 3 is 2.84 bits per heavy atom. The highest BCUT2D eigenvalue weighted by molar-refractivity contribution is 5.30. The second-order valence-electron chi connectivity index (χ2n) is 5.18. The van der Waals surface area contributed by atoms with E-state index in [-0.39, 0.29) is 0 Å². The average molecular weight is 262 g/mol. The normalized spacial score (nSPS) is 22.4. The molecular formula is C16H26N2O. The van der Waals surface area contributed by atoms with Crippen molar-refractivity contribution in [2.75, 3.05) is 26.3 Å². The van der Waals surface area contributed by atoms with Gasteiger partial charge in [0.25, 0.3) is 0 Å². The Hall–Kier alpha value is -0.900. The Morgan fingerprint density at radius 2 is 2.16 bits per heavy atom. The van der Waals surface area contributed by atoms with Crippen LogP contribution in [0.15, 0.2) is 24.3 Å². The zero-order valence-electron chi connectivity index (χ0n) is 12.1. The summed E-state index contributed by atoms with van der Waals surface area (Å²) in [5.74, 6) is 0. The third-order valence-corrected chi connectivity index (χ3v) is 4.16. The molecule has 1 aliphatic rings. The fraction of sp³-hybridized carbons (Fsp3) is 0.625. The summed E-state index contributed by atoms with van der Waals surface area (Å²) in [6.07, 6.45) is 2.18. The van der Waals surface area contributed by atoms with Crippen LogP contribution in [-0.4, -0.2) is 37.2 Å².